The summed E-state index contributed by atoms with van der Waals surface area (Å²) in [6, 6.07) is 3.91. The zero-order valence-electron chi connectivity index (χ0n) is 68.8. The number of benzene rings is 6. The number of nitrogens with two attached hydrogens (primary N) is 1. The second-order valence-corrected chi connectivity index (χ2v) is 32.6. The molecule has 7 aliphatic rings. The molecule has 1 aromatic heterocycles. The molecule has 11 bridgehead atoms. The number of likely N-dealkylation sites (N-methyl/N-ethyl adjacent to an activating group) is 2. The van der Waals surface area contributed by atoms with Gasteiger partial charge in [0.1, 0.15) is 107 Å². The van der Waals surface area contributed by atoms with Crippen molar-refractivity contribution in [1.82, 2.24) is 62.9 Å². The number of aliphatic hydroxyl groups is 6. The van der Waals surface area contributed by atoms with Crippen molar-refractivity contribution in [3.05, 3.63) is 174 Å². The second-order valence-electron chi connectivity index (χ2n) is 31.4. The molecule has 45 heteroatoms. The molecule has 8 heterocycles. The summed E-state index contributed by atoms with van der Waals surface area (Å²) < 4.78 is 54.4. The van der Waals surface area contributed by atoms with Crippen LogP contribution in [0.1, 0.15) is 111 Å². The molecule has 18 atom stereocenters. The maximum absolute atomic E-state index is 16.4. The average molecular weight is 1840 g/mol. The molecule has 14 rings (SSSR count). The van der Waals surface area contributed by atoms with Crippen molar-refractivity contribution in [3.8, 4) is 57.1 Å². The minimum atomic E-state index is -2.42. The highest BCUT2D eigenvalue weighted by Crippen LogP contribution is 2.50. The first kappa shape index (κ1) is 95.1. The third-order valence-corrected chi connectivity index (χ3v) is 22.7. The number of aliphatic hydroxyl groups excluding tert-OH is 6. The third kappa shape index (κ3) is 21.7. The maximum Gasteiger partial charge on any atom is 0.349 e. The summed E-state index contributed by atoms with van der Waals surface area (Å²) in [5.41, 5.74) is 2.91. The highest BCUT2D eigenvalue weighted by Gasteiger charge is 2.52. The molecule has 10 amide bonds. The number of halogens is 4. The fraction of sp³-hybridized carbons (Fsp3) is 0.398. The molecule has 7 aromatic rings. The summed E-state index contributed by atoms with van der Waals surface area (Å²) in [6.07, 6.45) is -18.7. The molecule has 6 aromatic carbocycles. The van der Waals surface area contributed by atoms with E-state index in [2.05, 4.69) is 58.2 Å². The van der Waals surface area contributed by atoms with Crippen LogP contribution in [-0.4, -0.2) is 227 Å². The molecule has 0 saturated carbocycles. The van der Waals surface area contributed by atoms with Crippen LogP contribution in [0, 0.1) is 11.7 Å². The number of anilines is 1. The van der Waals surface area contributed by atoms with Crippen LogP contribution < -0.4 is 84.3 Å². The normalized spacial score (nSPS) is 25.6. The van der Waals surface area contributed by atoms with Crippen LogP contribution in [0.2, 0.25) is 15.1 Å². The van der Waals surface area contributed by atoms with Gasteiger partial charge >= 0.3 is 5.69 Å². The van der Waals surface area contributed by atoms with E-state index in [1.54, 1.807) is 20.8 Å². The van der Waals surface area contributed by atoms with Gasteiger partial charge in [0.25, 0.3) is 5.91 Å². The Morgan fingerprint density at radius 1 is 0.711 bits per heavy atom. The molecule has 41 nitrogen and oxygen atoms in total. The minimum Gasteiger partial charge on any atom is -0.508 e. The van der Waals surface area contributed by atoms with Crippen LogP contribution in [0.4, 0.5) is 10.2 Å². The number of nitrogens with one attached hydrogen (secondary N) is 11. The third-order valence-electron chi connectivity index (χ3n) is 21.8. The minimum absolute atomic E-state index is 0.0685. The van der Waals surface area contributed by atoms with Gasteiger partial charge in [-0.15, -0.1) is 0 Å². The van der Waals surface area contributed by atoms with E-state index in [-0.39, 0.29) is 60.2 Å². The van der Waals surface area contributed by atoms with Crippen molar-refractivity contribution in [3.63, 3.8) is 0 Å². The number of nitrogens with zero attached hydrogens (tertiary/aromatic N) is 2. The highest BCUT2D eigenvalue weighted by molar-refractivity contribution is 6.32. The number of phenolic OH excluding ortho intramolecular Hbond substituents is 3. The van der Waals surface area contributed by atoms with E-state index in [1.165, 1.54) is 56.0 Å². The summed E-state index contributed by atoms with van der Waals surface area (Å²) in [5, 5.41) is 131. The molecule has 0 radical (unpaired) electrons. The smallest absolute Gasteiger partial charge is 0.349 e. The van der Waals surface area contributed by atoms with Gasteiger partial charge in [0.05, 0.1) is 52.8 Å². The second kappa shape index (κ2) is 40.6. The zero-order valence-corrected chi connectivity index (χ0v) is 71.1. The number of phenols is 3. The predicted molar refractivity (Wildman–Crippen MR) is 446 cm³/mol. The number of aromatic nitrogens is 2. The molecule has 2 saturated heterocycles. The van der Waals surface area contributed by atoms with Crippen LogP contribution in [-0.2, 0) is 80.0 Å². The fourth-order valence-corrected chi connectivity index (χ4v) is 15.8. The first-order valence-corrected chi connectivity index (χ1v) is 41.0. The number of carbonyl (C=O) groups is 10. The van der Waals surface area contributed by atoms with E-state index in [9.17, 15) is 79.1 Å². The summed E-state index contributed by atoms with van der Waals surface area (Å²) in [6.45, 7) is 4.63. The molecule has 128 heavy (non-hydrogen) atoms. The number of aromatic hydroxyl groups is 3. The molecule has 684 valence electrons. The number of hydrogen-bond donors (Lipinski definition) is 21. The first-order valence-electron chi connectivity index (χ1n) is 39.9. The van der Waals surface area contributed by atoms with E-state index in [1.807, 2.05) is 5.48 Å². The van der Waals surface area contributed by atoms with Gasteiger partial charge in [0.15, 0.2) is 30.5 Å². The van der Waals surface area contributed by atoms with E-state index in [4.69, 9.17) is 73.8 Å². The summed E-state index contributed by atoms with van der Waals surface area (Å²) in [4.78, 5) is 168. The lowest BCUT2D eigenvalue weighted by Crippen LogP contribution is -2.65. The van der Waals surface area contributed by atoms with Crippen LogP contribution in [0.15, 0.2) is 114 Å². The molecule has 7 aliphatic heterocycles. The van der Waals surface area contributed by atoms with Gasteiger partial charge in [-0.05, 0) is 139 Å². The number of hydroxylamine groups is 1. The Morgan fingerprint density at radius 2 is 1.37 bits per heavy atom. The van der Waals surface area contributed by atoms with Crippen molar-refractivity contribution in [2.24, 2.45) is 11.7 Å². The van der Waals surface area contributed by atoms with Gasteiger partial charge < -0.3 is 133 Å². The Labute approximate surface area is 741 Å². The Bertz CT molecular complexity index is 5510. The lowest BCUT2D eigenvalue weighted by Gasteiger charge is -2.48. The molecular formula is C83H92Cl3FN14O27. The average Bonchev–Trinajstić information content (AvgIpc) is 0.776. The number of carbonyl (C=O) groups excluding carboxylic acids is 10. The number of amides is 10. The largest absolute Gasteiger partial charge is 0.508 e. The summed E-state index contributed by atoms with van der Waals surface area (Å²) in [7, 11) is 2.71. The standard InChI is InChI=1S/C83H92Cl3FN14O27/c1-33(2)19-47(89-5)74(114)98-65-67(109)37-9-13-51(44(85)23-37)124-53-25-39-26-54(71(53)128-81-72(70(112)69(111)55(31-102)126-81)127-60-30-83(4,73(113)34(3)123-60)91-16-18-101-17-15-57(94-82(101)121)93-58(107)21-35-7-11-46(87)43(84)20-35)125-52-14-10-38(24-45(52)86)68(110)66-79(119)97-64(80(120)100-122-32-59(108)90-6)42-27-40(103)28-50(105)61(42)41-22-36(8-12-49(41)104)62(76(116)99-66)96-77(117)63(39)95-75(115)48(29-56(88)106)92-78(65)118/h7-15,17,20,22-28,33-34,47-48,55,60,62-70,72-73,81,89,91,102-105,109-113H,16,18-19,21,29-32H2,1-6H3,(H2,88,106)(H,90,108)(H,92,118)(H,95,115)(H,96,117)(H,97,119)(H,98,114)(H,99,116)(H,100,120)(H,93,94,107,121). The Kier molecular flexibility index (Phi) is 30.1. The van der Waals surface area contributed by atoms with Crippen LogP contribution in [0.3, 0.4) is 0 Å². The maximum atomic E-state index is 16.4. The van der Waals surface area contributed by atoms with Gasteiger partial charge in [-0.2, -0.15) is 4.98 Å². The van der Waals surface area contributed by atoms with Gasteiger partial charge in [-0.1, -0.05) is 72.9 Å². The Hall–Kier alpha value is -12.0. The quantitative estimate of drug-likeness (QED) is 0.0392. The van der Waals surface area contributed by atoms with Crippen LogP contribution in [0.5, 0.6) is 46.0 Å². The van der Waals surface area contributed by atoms with Crippen molar-refractivity contribution in [2.45, 2.75) is 169 Å². The lowest BCUT2D eigenvalue weighted by molar-refractivity contribution is -0.334. The van der Waals surface area contributed by atoms with Gasteiger partial charge in [-0.3, -0.25) is 57.4 Å². The zero-order chi connectivity index (χ0) is 92.8. The summed E-state index contributed by atoms with van der Waals surface area (Å²) in [5.74, 6) is -18.3. The number of hydrogen-bond acceptors (Lipinski definition) is 30. The highest BCUT2D eigenvalue weighted by atomic mass is 35.5. The van der Waals surface area contributed by atoms with Gasteiger partial charge in [0.2, 0.25) is 65.2 Å². The molecule has 22 N–H and O–H groups in total. The van der Waals surface area contributed by atoms with E-state index in [0.29, 0.717) is 5.56 Å². The number of ether oxygens (including phenoxy) is 6. The van der Waals surface area contributed by atoms with Gasteiger partial charge in [-0.25, -0.2) is 14.7 Å². The molecule has 18 unspecified atom stereocenters. The summed E-state index contributed by atoms with van der Waals surface area (Å²) >= 11 is 20.3. The number of rotatable bonds is 23. The number of primary amides is 1. The topological polar surface area (TPSA) is 611 Å². The SMILES string of the molecule is CNC(=O)CONC(=O)C1NC(=O)C2NC(=O)C(NC(=O)C3NC(=O)C(CC(N)=O)NC(=O)C(NC(=O)C(CC(C)C)NC)C(O)c4ccc(c(Cl)c4)Oc4cc3cc(c4OC3OC(CO)C(O)C(O)C3OC3CC(C)(NCCn4ccc(NC(=O)Cc5ccc(F)c(Cl)c5)nc4=O)C(O)C(C)O3)Oc3ccc(cc3Cl)C2O)c2ccc(O)c(c2)-c2c(O)cc(O)cc21. The van der Waals surface area contributed by atoms with E-state index in [0.717, 1.165) is 78.9 Å². The predicted octanol–water partition coefficient (Wildman–Crippen LogP) is 0.677. The van der Waals surface area contributed by atoms with E-state index < -0.39 is 283 Å². The number of fused-ring (bicyclic) bond motifs is 15. The Morgan fingerprint density at radius 3 is 2.00 bits per heavy atom. The van der Waals surface area contributed by atoms with Crippen LogP contribution >= 0.6 is 34.8 Å². The molecule has 2 fully saturated rings. The molecule has 0 aliphatic carbocycles. The fourth-order valence-electron chi connectivity index (χ4n) is 15.1. The van der Waals surface area contributed by atoms with Crippen molar-refractivity contribution in [2.75, 3.05) is 39.2 Å². The monoisotopic (exact) mass is 1840 g/mol. The first-order chi connectivity index (χ1) is 60.7. The van der Waals surface area contributed by atoms with Gasteiger partial charge in [0, 0.05) is 55.5 Å². The molecule has 0 spiro atoms. The van der Waals surface area contributed by atoms with Crippen LogP contribution in [0.25, 0.3) is 11.1 Å². The lowest BCUT2D eigenvalue weighted by atomic mass is 9.85. The van der Waals surface area contributed by atoms with Crippen molar-refractivity contribution >= 4 is 99.7 Å². The van der Waals surface area contributed by atoms with Crippen molar-refractivity contribution < 1.29 is 132 Å². The molecular weight excluding hydrogens is 1750 g/mol. The van der Waals surface area contributed by atoms with E-state index >= 15 is 24.0 Å². The Balaban J connectivity index is 0.998. The van der Waals surface area contributed by atoms with Crippen molar-refractivity contribution in [1.29, 1.82) is 0 Å².